The van der Waals surface area contributed by atoms with Crippen molar-refractivity contribution < 1.29 is 13.2 Å². The third-order valence-corrected chi connectivity index (χ3v) is 12.0. The molecule has 0 fully saturated rings. The van der Waals surface area contributed by atoms with E-state index in [4.69, 9.17) is 18.8 Å². The van der Waals surface area contributed by atoms with Crippen molar-refractivity contribution in [3.63, 3.8) is 0 Å². The van der Waals surface area contributed by atoms with Gasteiger partial charge in [-0.05, 0) is 57.2 Å². The van der Waals surface area contributed by atoms with Crippen LogP contribution in [-0.4, -0.2) is 18.3 Å². The van der Waals surface area contributed by atoms with Crippen LogP contribution in [0.5, 0.6) is 0 Å². The van der Waals surface area contributed by atoms with Crippen LogP contribution in [0.1, 0.15) is 52.0 Å². The number of oxazole rings is 1. The smallest absolute Gasteiger partial charge is 0.261 e. The molecule has 0 saturated heterocycles. The van der Waals surface area contributed by atoms with E-state index in [1.807, 2.05) is 18.2 Å². The maximum absolute atomic E-state index is 13.5. The highest BCUT2D eigenvalue weighted by Crippen LogP contribution is 2.38. The number of hydrogen-bond acceptors (Lipinski definition) is 4. The van der Waals surface area contributed by atoms with Crippen LogP contribution in [0.4, 0.5) is 4.39 Å². The lowest BCUT2D eigenvalue weighted by atomic mass is 10.0. The Morgan fingerprint density at radius 3 is 1.95 bits per heavy atom. The Morgan fingerprint density at radius 1 is 0.842 bits per heavy atom. The molecule has 3 aromatic carbocycles. The summed E-state index contributed by atoms with van der Waals surface area (Å²) in [5.41, 5.74) is 3.81. The Hall–Kier alpha value is -3.61. The molecule has 5 aromatic rings. The number of nitrogens with zero attached hydrogens (tertiary/aromatic N) is 2. The standard InChI is InChI=1S/C32H33FN2O2Si/c1-22(2)27-20-28(23-16-18-24(33)19-17-23)34-31-30(27)35-29(37-31)21-36-38(32(3,4)5,25-12-8-6-9-13-25)26-14-10-7-11-15-26/h6-20,22H,21H2,1-5H3. The van der Waals surface area contributed by atoms with E-state index in [-0.39, 0.29) is 23.4 Å². The number of rotatable bonds is 7. The van der Waals surface area contributed by atoms with E-state index in [1.54, 1.807) is 12.1 Å². The molecule has 0 amide bonds. The summed E-state index contributed by atoms with van der Waals surface area (Å²) in [6, 6.07) is 29.4. The molecule has 0 atom stereocenters. The van der Waals surface area contributed by atoms with Crippen LogP contribution in [0.2, 0.25) is 5.04 Å². The fraction of sp³-hybridized carbons (Fsp3) is 0.250. The maximum Gasteiger partial charge on any atom is 0.261 e. The fourth-order valence-corrected chi connectivity index (χ4v) is 9.67. The zero-order chi connectivity index (χ0) is 26.9. The molecule has 0 unspecified atom stereocenters. The number of hydrogen-bond donors (Lipinski definition) is 0. The Bertz CT molecular complexity index is 1490. The molecule has 0 aliphatic rings. The average Bonchev–Trinajstić information content (AvgIpc) is 3.32. The van der Waals surface area contributed by atoms with Gasteiger partial charge in [0.15, 0.2) is 0 Å². The number of pyridine rings is 1. The average molecular weight is 525 g/mol. The van der Waals surface area contributed by atoms with Gasteiger partial charge < -0.3 is 8.84 Å². The summed E-state index contributed by atoms with van der Waals surface area (Å²) in [5, 5.41) is 2.25. The molecule has 6 heteroatoms. The molecule has 2 aromatic heterocycles. The van der Waals surface area contributed by atoms with Gasteiger partial charge in [0.1, 0.15) is 17.9 Å². The van der Waals surface area contributed by atoms with Gasteiger partial charge in [0.05, 0.1) is 5.69 Å². The van der Waals surface area contributed by atoms with E-state index in [9.17, 15) is 4.39 Å². The lowest BCUT2D eigenvalue weighted by Crippen LogP contribution is -2.66. The van der Waals surface area contributed by atoms with Crippen LogP contribution in [-0.2, 0) is 11.0 Å². The zero-order valence-electron chi connectivity index (χ0n) is 22.5. The second-order valence-electron chi connectivity index (χ2n) is 11.0. The summed E-state index contributed by atoms with van der Waals surface area (Å²) in [5.74, 6) is 0.426. The Balaban J connectivity index is 1.58. The van der Waals surface area contributed by atoms with Gasteiger partial charge in [0.2, 0.25) is 11.6 Å². The molecule has 4 nitrogen and oxygen atoms in total. The zero-order valence-corrected chi connectivity index (χ0v) is 23.5. The monoisotopic (exact) mass is 524 g/mol. The lowest BCUT2D eigenvalue weighted by molar-refractivity contribution is 0.250. The molecule has 194 valence electrons. The molecular formula is C32H33FN2O2Si. The van der Waals surface area contributed by atoms with Crippen molar-refractivity contribution in [2.45, 2.75) is 52.2 Å². The van der Waals surface area contributed by atoms with Gasteiger partial charge in [0.25, 0.3) is 8.32 Å². The summed E-state index contributed by atoms with van der Waals surface area (Å²) < 4.78 is 26.8. The van der Waals surface area contributed by atoms with Crippen LogP contribution < -0.4 is 10.4 Å². The molecular weight excluding hydrogens is 491 g/mol. The van der Waals surface area contributed by atoms with Crippen molar-refractivity contribution in [1.29, 1.82) is 0 Å². The van der Waals surface area contributed by atoms with E-state index >= 15 is 0 Å². The number of fused-ring (bicyclic) bond motifs is 1. The normalized spacial score (nSPS) is 12.4. The molecule has 5 rings (SSSR count). The first-order valence-corrected chi connectivity index (χ1v) is 14.9. The first-order valence-electron chi connectivity index (χ1n) is 13.0. The van der Waals surface area contributed by atoms with Crippen molar-refractivity contribution in [3.8, 4) is 11.3 Å². The highest BCUT2D eigenvalue weighted by atomic mass is 28.4. The molecule has 0 aliphatic heterocycles. The van der Waals surface area contributed by atoms with Crippen molar-refractivity contribution in [1.82, 2.24) is 9.97 Å². The van der Waals surface area contributed by atoms with Crippen molar-refractivity contribution >= 4 is 29.9 Å². The van der Waals surface area contributed by atoms with Gasteiger partial charge in [-0.3, -0.25) is 0 Å². The highest BCUT2D eigenvalue weighted by Gasteiger charge is 2.50. The van der Waals surface area contributed by atoms with E-state index in [0.717, 1.165) is 22.3 Å². The Morgan fingerprint density at radius 2 is 1.42 bits per heavy atom. The van der Waals surface area contributed by atoms with Crippen molar-refractivity contribution in [2.24, 2.45) is 0 Å². The quantitative estimate of drug-likeness (QED) is 0.211. The van der Waals surface area contributed by atoms with Crippen LogP contribution >= 0.6 is 0 Å². The largest absolute Gasteiger partial charge is 0.420 e. The van der Waals surface area contributed by atoms with Crippen LogP contribution in [0.3, 0.4) is 0 Å². The Kier molecular flexibility index (Phi) is 7.03. The molecule has 38 heavy (non-hydrogen) atoms. The minimum Gasteiger partial charge on any atom is -0.420 e. The molecule has 0 saturated carbocycles. The van der Waals surface area contributed by atoms with Crippen molar-refractivity contribution in [2.75, 3.05) is 0 Å². The second-order valence-corrected chi connectivity index (χ2v) is 15.3. The molecule has 2 heterocycles. The van der Waals surface area contributed by atoms with E-state index in [0.29, 0.717) is 11.6 Å². The van der Waals surface area contributed by atoms with E-state index in [2.05, 4.69) is 83.1 Å². The van der Waals surface area contributed by atoms with E-state index in [1.165, 1.54) is 22.5 Å². The highest BCUT2D eigenvalue weighted by molar-refractivity contribution is 6.99. The molecule has 0 bridgehead atoms. The van der Waals surface area contributed by atoms with Gasteiger partial charge in [-0.2, -0.15) is 0 Å². The summed E-state index contributed by atoms with van der Waals surface area (Å²) in [4.78, 5) is 9.62. The molecule has 0 spiro atoms. The summed E-state index contributed by atoms with van der Waals surface area (Å²) >= 11 is 0. The van der Waals surface area contributed by atoms with Crippen molar-refractivity contribution in [3.05, 3.63) is 108 Å². The van der Waals surface area contributed by atoms with Gasteiger partial charge in [0, 0.05) is 5.56 Å². The first-order chi connectivity index (χ1) is 18.2. The summed E-state index contributed by atoms with van der Waals surface area (Å²) in [6.07, 6.45) is 0. The lowest BCUT2D eigenvalue weighted by Gasteiger charge is -2.42. The minimum atomic E-state index is -2.74. The first kappa shape index (κ1) is 26.0. The predicted molar refractivity (Wildman–Crippen MR) is 154 cm³/mol. The number of benzene rings is 3. The van der Waals surface area contributed by atoms with Gasteiger partial charge >= 0.3 is 0 Å². The van der Waals surface area contributed by atoms with Gasteiger partial charge in [-0.25, -0.2) is 14.4 Å². The number of halogens is 1. The molecule has 0 N–H and O–H groups in total. The van der Waals surface area contributed by atoms with E-state index < -0.39 is 8.32 Å². The molecule has 0 aliphatic carbocycles. The maximum atomic E-state index is 13.5. The van der Waals surface area contributed by atoms with Gasteiger partial charge in [-0.15, -0.1) is 0 Å². The summed E-state index contributed by atoms with van der Waals surface area (Å²) in [7, 11) is -2.74. The molecule has 0 radical (unpaired) electrons. The topological polar surface area (TPSA) is 48.2 Å². The van der Waals surface area contributed by atoms with Crippen LogP contribution in [0, 0.1) is 5.82 Å². The second kappa shape index (κ2) is 10.3. The van der Waals surface area contributed by atoms with Crippen LogP contribution in [0.25, 0.3) is 22.5 Å². The van der Waals surface area contributed by atoms with Crippen LogP contribution in [0.15, 0.2) is 95.4 Å². The SMILES string of the molecule is CC(C)c1cc(-c2ccc(F)cc2)nc2oc(CO[Si](c3ccccc3)(c3ccccc3)C(C)(C)C)nc12. The minimum absolute atomic E-state index is 0.154. The predicted octanol–water partition coefficient (Wildman–Crippen LogP) is 7.23. The fourth-order valence-electron chi connectivity index (χ4n) is 5.18. The Labute approximate surface area is 224 Å². The van der Waals surface area contributed by atoms with Gasteiger partial charge in [-0.1, -0.05) is 95.3 Å². The third-order valence-electron chi connectivity index (χ3n) is 7.03. The number of aromatic nitrogens is 2. The summed E-state index contributed by atoms with van der Waals surface area (Å²) in [6.45, 7) is 11.2. The third kappa shape index (κ3) is 4.82.